The highest BCUT2D eigenvalue weighted by Gasteiger charge is 2.35. The highest BCUT2D eigenvalue weighted by atomic mass is 35.5. The number of amides is 2. The van der Waals surface area contributed by atoms with Crippen molar-refractivity contribution in [3.8, 4) is 5.75 Å². The molecule has 0 aliphatic carbocycles. The molecule has 4 nitrogen and oxygen atoms in total. The first-order valence-corrected chi connectivity index (χ1v) is 8.92. The number of thioether (sulfide) groups is 1. The van der Waals surface area contributed by atoms with Crippen LogP contribution in [-0.2, 0) is 11.3 Å². The first-order valence-electron chi connectivity index (χ1n) is 7.34. The Bertz CT molecular complexity index is 911. The number of aromatic hydroxyl groups is 1. The van der Waals surface area contributed by atoms with E-state index in [1.165, 1.54) is 23.1 Å². The van der Waals surface area contributed by atoms with Crippen LogP contribution in [0.4, 0.5) is 4.79 Å². The lowest BCUT2D eigenvalue weighted by atomic mass is 10.1. The van der Waals surface area contributed by atoms with E-state index in [4.69, 9.17) is 23.2 Å². The first-order chi connectivity index (χ1) is 11.9. The summed E-state index contributed by atoms with van der Waals surface area (Å²) in [5.41, 5.74) is 2.20. The van der Waals surface area contributed by atoms with Crippen molar-refractivity contribution >= 4 is 52.2 Å². The van der Waals surface area contributed by atoms with Gasteiger partial charge in [-0.25, -0.2) is 0 Å². The number of aryl methyl sites for hydroxylation is 1. The van der Waals surface area contributed by atoms with Crippen LogP contribution in [0, 0.1) is 6.92 Å². The van der Waals surface area contributed by atoms with Crippen molar-refractivity contribution in [3.05, 3.63) is 68.0 Å². The maximum absolute atomic E-state index is 12.6. The molecule has 0 saturated carbocycles. The van der Waals surface area contributed by atoms with E-state index in [1.54, 1.807) is 0 Å². The van der Waals surface area contributed by atoms with E-state index in [9.17, 15) is 14.7 Å². The number of hydrogen-bond donors (Lipinski definition) is 1. The number of rotatable bonds is 3. The quantitative estimate of drug-likeness (QED) is 0.723. The van der Waals surface area contributed by atoms with Crippen molar-refractivity contribution in [2.75, 3.05) is 0 Å². The third-order valence-electron chi connectivity index (χ3n) is 3.81. The van der Waals surface area contributed by atoms with Gasteiger partial charge in [0, 0.05) is 10.6 Å². The molecule has 1 heterocycles. The molecule has 0 spiro atoms. The average molecular weight is 394 g/mol. The summed E-state index contributed by atoms with van der Waals surface area (Å²) in [4.78, 5) is 26.2. The fraction of sp³-hybridized carbons (Fsp3) is 0.111. The van der Waals surface area contributed by atoms with Gasteiger partial charge in [0.05, 0.1) is 16.5 Å². The Labute approximate surface area is 159 Å². The Kier molecular flexibility index (Phi) is 5.08. The summed E-state index contributed by atoms with van der Waals surface area (Å²) in [6, 6.07) is 10.5. The number of phenols is 1. The molecule has 3 rings (SSSR count). The largest absolute Gasteiger partial charge is 0.506 e. The maximum atomic E-state index is 12.6. The van der Waals surface area contributed by atoms with Crippen LogP contribution in [0.25, 0.3) is 6.08 Å². The molecule has 2 aromatic rings. The van der Waals surface area contributed by atoms with Crippen molar-refractivity contribution in [2.45, 2.75) is 13.5 Å². The van der Waals surface area contributed by atoms with Crippen molar-refractivity contribution in [2.24, 2.45) is 0 Å². The third-order valence-corrected chi connectivity index (χ3v) is 5.22. The van der Waals surface area contributed by atoms with Crippen LogP contribution in [0.2, 0.25) is 10.0 Å². The molecule has 25 heavy (non-hydrogen) atoms. The number of imide groups is 1. The monoisotopic (exact) mass is 393 g/mol. The number of carbonyl (C=O) groups is 2. The predicted octanol–water partition coefficient (Wildman–Crippen LogP) is 5.24. The van der Waals surface area contributed by atoms with Gasteiger partial charge in [-0.15, -0.1) is 0 Å². The van der Waals surface area contributed by atoms with Gasteiger partial charge in [0.15, 0.2) is 0 Å². The number of nitrogens with zero attached hydrogens (tertiary/aromatic N) is 1. The zero-order chi connectivity index (χ0) is 18.1. The average Bonchev–Trinajstić information content (AvgIpc) is 2.81. The first kappa shape index (κ1) is 17.9. The molecule has 2 amide bonds. The van der Waals surface area contributed by atoms with Gasteiger partial charge in [-0.05, 0) is 48.0 Å². The van der Waals surface area contributed by atoms with E-state index in [0.717, 1.165) is 22.9 Å². The Morgan fingerprint density at radius 2 is 1.92 bits per heavy atom. The number of halogens is 2. The molecule has 0 atom stereocenters. The molecule has 2 aromatic carbocycles. The Morgan fingerprint density at radius 3 is 2.64 bits per heavy atom. The van der Waals surface area contributed by atoms with Crippen LogP contribution in [0.3, 0.4) is 0 Å². The number of hydrogen-bond acceptors (Lipinski definition) is 4. The van der Waals surface area contributed by atoms with E-state index >= 15 is 0 Å². The topological polar surface area (TPSA) is 57.6 Å². The number of carbonyl (C=O) groups excluding carboxylic acids is 2. The molecule has 1 N–H and O–H groups in total. The van der Waals surface area contributed by atoms with Gasteiger partial charge in [0.2, 0.25) is 0 Å². The van der Waals surface area contributed by atoms with Crippen molar-refractivity contribution < 1.29 is 14.7 Å². The molecule has 0 bridgehead atoms. The fourth-order valence-corrected chi connectivity index (χ4v) is 3.77. The van der Waals surface area contributed by atoms with Crippen molar-refractivity contribution in [1.29, 1.82) is 0 Å². The fourth-order valence-electron chi connectivity index (χ4n) is 2.43. The number of phenolic OH excluding ortho intramolecular Hbond substituents is 1. The zero-order valence-electron chi connectivity index (χ0n) is 13.1. The lowest BCUT2D eigenvalue weighted by Gasteiger charge is -2.14. The number of benzene rings is 2. The molecule has 1 aliphatic rings. The van der Waals surface area contributed by atoms with E-state index in [-0.39, 0.29) is 27.5 Å². The normalized spacial score (nSPS) is 16.1. The highest BCUT2D eigenvalue weighted by Crippen LogP contribution is 2.37. The SMILES string of the molecule is Cc1ccccc1CN1C(=O)S/C(=C\c2cc(Cl)cc(Cl)c2O)C1=O. The summed E-state index contributed by atoms with van der Waals surface area (Å²) in [5.74, 6) is -0.592. The summed E-state index contributed by atoms with van der Waals surface area (Å²) in [6.07, 6.45) is 1.43. The van der Waals surface area contributed by atoms with Crippen molar-refractivity contribution in [3.63, 3.8) is 0 Å². The van der Waals surface area contributed by atoms with E-state index in [0.29, 0.717) is 10.6 Å². The molecule has 7 heteroatoms. The molecule has 128 valence electrons. The second-order valence-corrected chi connectivity index (χ2v) is 7.36. The molecular weight excluding hydrogens is 381 g/mol. The molecule has 0 aromatic heterocycles. The van der Waals surface area contributed by atoms with Gasteiger partial charge >= 0.3 is 0 Å². The summed E-state index contributed by atoms with van der Waals surface area (Å²) in [7, 11) is 0. The van der Waals surface area contributed by atoms with Gasteiger partial charge in [0.25, 0.3) is 11.1 Å². The van der Waals surface area contributed by atoms with Crippen LogP contribution in [-0.4, -0.2) is 21.2 Å². The summed E-state index contributed by atoms with van der Waals surface area (Å²) in [6.45, 7) is 2.13. The minimum atomic E-state index is -0.409. The Balaban J connectivity index is 1.90. The van der Waals surface area contributed by atoms with E-state index < -0.39 is 5.91 Å². The minimum Gasteiger partial charge on any atom is -0.506 e. The third kappa shape index (κ3) is 3.68. The predicted molar refractivity (Wildman–Crippen MR) is 101 cm³/mol. The van der Waals surface area contributed by atoms with Crippen LogP contribution in [0.15, 0.2) is 41.3 Å². The molecule has 0 unspecified atom stereocenters. The van der Waals surface area contributed by atoms with Gasteiger partial charge < -0.3 is 5.11 Å². The molecule has 1 saturated heterocycles. The van der Waals surface area contributed by atoms with Crippen LogP contribution >= 0.6 is 35.0 Å². The lowest BCUT2D eigenvalue weighted by Crippen LogP contribution is -2.27. The summed E-state index contributed by atoms with van der Waals surface area (Å²) < 4.78 is 0. The van der Waals surface area contributed by atoms with Gasteiger partial charge in [-0.1, -0.05) is 47.5 Å². The lowest BCUT2D eigenvalue weighted by molar-refractivity contribution is -0.123. The second-order valence-electron chi connectivity index (χ2n) is 5.52. The van der Waals surface area contributed by atoms with Crippen LogP contribution in [0.5, 0.6) is 5.75 Å². The summed E-state index contributed by atoms with van der Waals surface area (Å²) >= 11 is 12.6. The minimum absolute atomic E-state index is 0.0814. The van der Waals surface area contributed by atoms with Gasteiger partial charge in [0.1, 0.15) is 5.75 Å². The Morgan fingerprint density at radius 1 is 1.20 bits per heavy atom. The smallest absolute Gasteiger partial charge is 0.293 e. The summed E-state index contributed by atoms with van der Waals surface area (Å²) in [5, 5.41) is 10.1. The molecule has 1 aliphatic heterocycles. The zero-order valence-corrected chi connectivity index (χ0v) is 15.5. The van der Waals surface area contributed by atoms with Gasteiger partial charge in [-0.3, -0.25) is 14.5 Å². The van der Waals surface area contributed by atoms with Crippen molar-refractivity contribution in [1.82, 2.24) is 4.90 Å². The highest BCUT2D eigenvalue weighted by molar-refractivity contribution is 8.18. The van der Waals surface area contributed by atoms with E-state index in [1.807, 2.05) is 31.2 Å². The molecule has 1 fully saturated rings. The van der Waals surface area contributed by atoms with Gasteiger partial charge in [-0.2, -0.15) is 0 Å². The Hall–Kier alpha value is -1.95. The molecular formula is C18H13Cl2NO3S. The van der Waals surface area contributed by atoms with Crippen LogP contribution in [0.1, 0.15) is 16.7 Å². The standard InChI is InChI=1S/C18H13Cl2NO3S/c1-10-4-2-3-5-11(10)9-21-17(23)15(25-18(21)24)7-12-6-13(19)8-14(20)16(12)22/h2-8,22H,9H2,1H3/b15-7-. The van der Waals surface area contributed by atoms with E-state index in [2.05, 4.69) is 0 Å². The molecule has 0 radical (unpaired) electrons. The van der Waals surface area contributed by atoms with Crippen LogP contribution < -0.4 is 0 Å². The second kappa shape index (κ2) is 7.12. The maximum Gasteiger partial charge on any atom is 0.293 e.